The summed E-state index contributed by atoms with van der Waals surface area (Å²) in [6.45, 7) is 0. The van der Waals surface area contributed by atoms with Crippen molar-refractivity contribution in [2.24, 2.45) is 5.16 Å². The fourth-order valence-corrected chi connectivity index (χ4v) is 1.09. The number of hydrogen-bond acceptors (Lipinski definition) is 6. The maximum atomic E-state index is 10.5. The molecule has 1 rings (SSSR count). The molecule has 2 N–H and O–H groups in total. The van der Waals surface area contributed by atoms with Gasteiger partial charge in [0.1, 0.15) is 5.88 Å². The molecule has 1 aromatic heterocycles. The molecule has 0 atom stereocenters. The minimum absolute atomic E-state index is 0.226. The summed E-state index contributed by atoms with van der Waals surface area (Å²) in [7, 11) is 0. The van der Waals surface area contributed by atoms with E-state index in [1.807, 2.05) is 0 Å². The maximum Gasteiger partial charge on any atom is 0.349 e. The van der Waals surface area contributed by atoms with Crippen LogP contribution >= 0.6 is 22.9 Å². The van der Waals surface area contributed by atoms with Gasteiger partial charge in [-0.05, 0) is 0 Å². The van der Waals surface area contributed by atoms with E-state index in [9.17, 15) is 4.79 Å². The highest BCUT2D eigenvalue weighted by Crippen LogP contribution is 2.08. The van der Waals surface area contributed by atoms with Crippen molar-refractivity contribution >= 4 is 40.3 Å². The van der Waals surface area contributed by atoms with Crippen molar-refractivity contribution in [1.82, 2.24) is 4.98 Å². The lowest BCUT2D eigenvalue weighted by molar-refractivity contribution is -0.140. The molecule has 0 amide bonds. The van der Waals surface area contributed by atoms with E-state index in [1.165, 1.54) is 17.6 Å². The van der Waals surface area contributed by atoms with E-state index in [-0.39, 0.29) is 5.88 Å². The van der Waals surface area contributed by atoms with Crippen LogP contribution in [-0.4, -0.2) is 23.0 Å². The molecule has 0 radical (unpaired) electrons. The summed E-state index contributed by atoms with van der Waals surface area (Å²) in [6.07, 6.45) is 1.29. The number of alkyl halides is 1. The Morgan fingerprint density at radius 3 is 3.23 bits per heavy atom. The molecule has 0 aliphatic heterocycles. The first kappa shape index (κ1) is 9.94. The van der Waals surface area contributed by atoms with Crippen molar-refractivity contribution in [3.63, 3.8) is 0 Å². The van der Waals surface area contributed by atoms with Crippen LogP contribution in [-0.2, 0) is 9.63 Å². The Morgan fingerprint density at radius 2 is 2.69 bits per heavy atom. The number of anilines is 1. The third kappa shape index (κ3) is 3.39. The number of nitrogens with zero attached hydrogens (tertiary/aromatic N) is 2. The van der Waals surface area contributed by atoms with Crippen LogP contribution in [0.5, 0.6) is 0 Å². The molecule has 0 fully saturated rings. The number of carbonyl (C=O) groups excluding carboxylic acids is 1. The molecular formula is C6H6ClN3O2S. The number of thiazole rings is 1. The number of nitrogen functional groups attached to an aromatic ring is 1. The van der Waals surface area contributed by atoms with E-state index in [1.54, 1.807) is 5.38 Å². The predicted octanol–water partition coefficient (Wildman–Crippen LogP) is 0.841. The average molecular weight is 220 g/mol. The van der Waals surface area contributed by atoms with Crippen LogP contribution in [0.3, 0.4) is 0 Å². The van der Waals surface area contributed by atoms with Crippen LogP contribution in [0.4, 0.5) is 5.13 Å². The van der Waals surface area contributed by atoms with Gasteiger partial charge in [0.05, 0.1) is 11.9 Å². The lowest BCUT2D eigenvalue weighted by Gasteiger charge is -1.88. The van der Waals surface area contributed by atoms with Crippen molar-refractivity contribution in [1.29, 1.82) is 0 Å². The molecule has 0 spiro atoms. The fraction of sp³-hybridized carbons (Fsp3) is 0.167. The molecule has 0 saturated heterocycles. The summed E-state index contributed by atoms with van der Waals surface area (Å²) < 4.78 is 0. The standard InChI is InChI=1S/C6H6ClN3O2S/c7-1-5(11)12-9-2-4-3-13-6(8)10-4/h2-3H,1H2,(H2,8,10). The van der Waals surface area contributed by atoms with Crippen LogP contribution in [0, 0.1) is 0 Å². The summed E-state index contributed by atoms with van der Waals surface area (Å²) in [5.74, 6) is -0.836. The molecule has 0 unspecified atom stereocenters. The van der Waals surface area contributed by atoms with Gasteiger partial charge in [0.15, 0.2) is 5.13 Å². The van der Waals surface area contributed by atoms with Gasteiger partial charge in [0.25, 0.3) is 0 Å². The monoisotopic (exact) mass is 219 g/mol. The molecule has 7 heteroatoms. The largest absolute Gasteiger partial charge is 0.375 e. The highest BCUT2D eigenvalue weighted by atomic mass is 35.5. The van der Waals surface area contributed by atoms with E-state index in [0.29, 0.717) is 10.8 Å². The highest BCUT2D eigenvalue weighted by molar-refractivity contribution is 7.13. The molecule has 13 heavy (non-hydrogen) atoms. The molecule has 1 aromatic rings. The molecule has 70 valence electrons. The van der Waals surface area contributed by atoms with Crippen LogP contribution in [0.15, 0.2) is 10.5 Å². The fourth-order valence-electron chi connectivity index (χ4n) is 0.524. The molecule has 5 nitrogen and oxygen atoms in total. The van der Waals surface area contributed by atoms with Crippen LogP contribution in [0.2, 0.25) is 0 Å². The van der Waals surface area contributed by atoms with E-state index in [2.05, 4.69) is 15.0 Å². The lowest BCUT2D eigenvalue weighted by Crippen LogP contribution is -2.00. The molecule has 0 aliphatic carbocycles. The quantitative estimate of drug-likeness (QED) is 0.354. The van der Waals surface area contributed by atoms with Gasteiger partial charge < -0.3 is 10.6 Å². The second-order valence-electron chi connectivity index (χ2n) is 1.94. The SMILES string of the molecule is Nc1nc(C=NOC(=O)CCl)cs1. The van der Waals surface area contributed by atoms with Gasteiger partial charge in [0.2, 0.25) is 0 Å². The number of halogens is 1. The Kier molecular flexibility index (Phi) is 3.66. The summed E-state index contributed by atoms with van der Waals surface area (Å²) in [5.41, 5.74) is 5.90. The summed E-state index contributed by atoms with van der Waals surface area (Å²) in [4.78, 5) is 18.7. The molecule has 1 heterocycles. The van der Waals surface area contributed by atoms with E-state index in [4.69, 9.17) is 17.3 Å². The molecule has 0 saturated carbocycles. The van der Waals surface area contributed by atoms with Gasteiger partial charge in [-0.2, -0.15) is 0 Å². The van der Waals surface area contributed by atoms with E-state index >= 15 is 0 Å². The topological polar surface area (TPSA) is 77.6 Å². The highest BCUT2D eigenvalue weighted by Gasteiger charge is 1.98. The zero-order chi connectivity index (χ0) is 9.68. The van der Waals surface area contributed by atoms with Crippen molar-refractivity contribution < 1.29 is 9.63 Å². The van der Waals surface area contributed by atoms with Gasteiger partial charge in [-0.3, -0.25) is 0 Å². The Hall–Kier alpha value is -1.14. The van der Waals surface area contributed by atoms with Gasteiger partial charge in [0, 0.05) is 5.38 Å². The third-order valence-corrected chi connectivity index (χ3v) is 1.90. The summed E-state index contributed by atoms with van der Waals surface area (Å²) in [6, 6.07) is 0. The zero-order valence-corrected chi connectivity index (χ0v) is 8.01. The first-order chi connectivity index (χ1) is 6.22. The minimum atomic E-state index is -0.610. The molecule has 0 bridgehead atoms. The van der Waals surface area contributed by atoms with Gasteiger partial charge in [-0.25, -0.2) is 9.78 Å². The number of oxime groups is 1. The summed E-state index contributed by atoms with van der Waals surface area (Å²) >= 11 is 6.43. The molecular weight excluding hydrogens is 214 g/mol. The third-order valence-electron chi connectivity index (χ3n) is 0.988. The van der Waals surface area contributed by atoms with E-state index < -0.39 is 5.97 Å². The van der Waals surface area contributed by atoms with Crippen LogP contribution in [0.1, 0.15) is 5.69 Å². The summed E-state index contributed by atoms with van der Waals surface area (Å²) in [5, 5.41) is 5.48. The zero-order valence-electron chi connectivity index (χ0n) is 6.44. The van der Waals surface area contributed by atoms with Crippen LogP contribution in [0.25, 0.3) is 0 Å². The number of carbonyl (C=O) groups is 1. The predicted molar refractivity (Wildman–Crippen MR) is 50.9 cm³/mol. The maximum absolute atomic E-state index is 10.5. The number of hydrogen-bond donors (Lipinski definition) is 1. The van der Waals surface area contributed by atoms with Crippen LogP contribution < -0.4 is 5.73 Å². The first-order valence-electron chi connectivity index (χ1n) is 3.22. The second-order valence-corrected chi connectivity index (χ2v) is 3.10. The van der Waals surface area contributed by atoms with E-state index in [0.717, 1.165) is 0 Å². The van der Waals surface area contributed by atoms with Crippen molar-refractivity contribution in [2.45, 2.75) is 0 Å². The Morgan fingerprint density at radius 1 is 1.92 bits per heavy atom. The Bertz CT molecular complexity index is 325. The first-order valence-corrected chi connectivity index (χ1v) is 4.64. The normalized spacial score (nSPS) is 10.5. The average Bonchev–Trinajstić information content (AvgIpc) is 2.51. The van der Waals surface area contributed by atoms with Gasteiger partial charge in [-0.15, -0.1) is 22.9 Å². The number of aromatic nitrogens is 1. The number of rotatable bonds is 3. The Balaban J connectivity index is 2.45. The smallest absolute Gasteiger partial charge is 0.349 e. The van der Waals surface area contributed by atoms with Crippen molar-refractivity contribution in [3.8, 4) is 0 Å². The number of nitrogens with two attached hydrogens (primary N) is 1. The second kappa shape index (κ2) is 4.78. The lowest BCUT2D eigenvalue weighted by atomic mass is 10.6. The van der Waals surface area contributed by atoms with Gasteiger partial charge >= 0.3 is 5.97 Å². The van der Waals surface area contributed by atoms with Crippen molar-refractivity contribution in [2.75, 3.05) is 11.6 Å². The minimum Gasteiger partial charge on any atom is -0.375 e. The molecule has 0 aliphatic rings. The van der Waals surface area contributed by atoms with Crippen molar-refractivity contribution in [3.05, 3.63) is 11.1 Å². The van der Waals surface area contributed by atoms with Gasteiger partial charge in [-0.1, -0.05) is 5.16 Å². The molecule has 0 aromatic carbocycles. The Labute approximate surface area is 83.2 Å².